The van der Waals surface area contributed by atoms with Gasteiger partial charge in [0, 0.05) is 11.1 Å². The van der Waals surface area contributed by atoms with Gasteiger partial charge in [0.25, 0.3) is 5.91 Å². The summed E-state index contributed by atoms with van der Waals surface area (Å²) in [6, 6.07) is 6.21. The van der Waals surface area contributed by atoms with Gasteiger partial charge in [0.15, 0.2) is 0 Å². The van der Waals surface area contributed by atoms with Gasteiger partial charge in [-0.3, -0.25) is 4.79 Å². The Morgan fingerprint density at radius 2 is 2.00 bits per heavy atom. The molecule has 2 aliphatic heterocycles. The SMILES string of the molecule is CCc1cccc2c1NC(=O)C2=C1CCNCC1. The zero-order valence-corrected chi connectivity index (χ0v) is 10.7. The van der Waals surface area contributed by atoms with Gasteiger partial charge in [0.2, 0.25) is 0 Å². The largest absolute Gasteiger partial charge is 0.321 e. The van der Waals surface area contributed by atoms with Gasteiger partial charge in [-0.25, -0.2) is 0 Å². The Balaban J connectivity index is 2.12. The first kappa shape index (κ1) is 11.5. The zero-order chi connectivity index (χ0) is 12.5. The first-order chi connectivity index (χ1) is 8.81. The van der Waals surface area contributed by atoms with E-state index in [2.05, 4.69) is 35.8 Å². The lowest BCUT2D eigenvalue weighted by Crippen LogP contribution is -2.24. The summed E-state index contributed by atoms with van der Waals surface area (Å²) in [5, 5.41) is 6.38. The fraction of sp³-hybridized carbons (Fsp3) is 0.400. The van der Waals surface area contributed by atoms with Crippen LogP contribution in [0.4, 0.5) is 5.69 Å². The Labute approximate surface area is 107 Å². The van der Waals surface area contributed by atoms with Crippen LogP contribution in [0.25, 0.3) is 5.57 Å². The van der Waals surface area contributed by atoms with Crippen molar-refractivity contribution in [2.24, 2.45) is 0 Å². The summed E-state index contributed by atoms with van der Waals surface area (Å²) >= 11 is 0. The molecule has 0 aromatic heterocycles. The van der Waals surface area contributed by atoms with Crippen molar-refractivity contribution >= 4 is 17.2 Å². The van der Waals surface area contributed by atoms with Crippen LogP contribution >= 0.6 is 0 Å². The van der Waals surface area contributed by atoms with Gasteiger partial charge in [0.1, 0.15) is 0 Å². The second-order valence-electron chi connectivity index (χ2n) is 4.88. The maximum absolute atomic E-state index is 12.2. The van der Waals surface area contributed by atoms with E-state index < -0.39 is 0 Å². The van der Waals surface area contributed by atoms with E-state index in [0.717, 1.165) is 49.2 Å². The van der Waals surface area contributed by atoms with Crippen LogP contribution in [0.1, 0.15) is 30.9 Å². The van der Waals surface area contributed by atoms with E-state index in [9.17, 15) is 4.79 Å². The van der Waals surface area contributed by atoms with E-state index in [1.165, 1.54) is 11.1 Å². The molecule has 94 valence electrons. The van der Waals surface area contributed by atoms with Crippen LogP contribution in [0.3, 0.4) is 0 Å². The first-order valence-corrected chi connectivity index (χ1v) is 6.67. The van der Waals surface area contributed by atoms with Crippen molar-refractivity contribution in [1.82, 2.24) is 5.32 Å². The van der Waals surface area contributed by atoms with Crippen LogP contribution in [0.15, 0.2) is 23.8 Å². The topological polar surface area (TPSA) is 41.1 Å². The Morgan fingerprint density at radius 1 is 1.22 bits per heavy atom. The monoisotopic (exact) mass is 242 g/mol. The van der Waals surface area contributed by atoms with Crippen molar-refractivity contribution in [3.63, 3.8) is 0 Å². The van der Waals surface area contributed by atoms with Crippen LogP contribution in [0, 0.1) is 0 Å². The molecule has 3 heteroatoms. The molecular weight excluding hydrogens is 224 g/mol. The molecule has 0 aliphatic carbocycles. The normalized spacial score (nSPS) is 18.8. The lowest BCUT2D eigenvalue weighted by molar-refractivity contribution is -0.110. The summed E-state index contributed by atoms with van der Waals surface area (Å²) in [7, 11) is 0. The van der Waals surface area contributed by atoms with Gasteiger partial charge >= 0.3 is 0 Å². The summed E-state index contributed by atoms with van der Waals surface area (Å²) in [4.78, 5) is 12.2. The van der Waals surface area contributed by atoms with Gasteiger partial charge in [-0.15, -0.1) is 0 Å². The van der Waals surface area contributed by atoms with E-state index in [4.69, 9.17) is 0 Å². The van der Waals surface area contributed by atoms with E-state index in [1.807, 2.05) is 0 Å². The van der Waals surface area contributed by atoms with Crippen LogP contribution in [0.5, 0.6) is 0 Å². The molecular formula is C15H18N2O. The van der Waals surface area contributed by atoms with Crippen molar-refractivity contribution in [2.45, 2.75) is 26.2 Å². The average molecular weight is 242 g/mol. The number of rotatable bonds is 1. The molecule has 2 aliphatic rings. The smallest absolute Gasteiger partial charge is 0.256 e. The molecule has 3 nitrogen and oxygen atoms in total. The number of aryl methyl sites for hydroxylation is 1. The van der Waals surface area contributed by atoms with Gasteiger partial charge in [-0.05, 0) is 37.9 Å². The standard InChI is InChI=1S/C15H18N2O/c1-2-10-4-3-5-12-13(15(18)17-14(10)12)11-6-8-16-9-7-11/h3-5,16H,2,6-9H2,1H3,(H,17,18). The van der Waals surface area contributed by atoms with Crippen LogP contribution < -0.4 is 10.6 Å². The van der Waals surface area contributed by atoms with Crippen molar-refractivity contribution < 1.29 is 4.79 Å². The quantitative estimate of drug-likeness (QED) is 0.742. The Kier molecular flexibility index (Phi) is 2.92. The molecule has 1 aromatic rings. The molecule has 1 amide bonds. The van der Waals surface area contributed by atoms with E-state index in [0.29, 0.717) is 0 Å². The Morgan fingerprint density at radius 3 is 2.72 bits per heavy atom. The Hall–Kier alpha value is -1.61. The highest BCUT2D eigenvalue weighted by Gasteiger charge is 2.28. The number of hydrogen-bond donors (Lipinski definition) is 2. The van der Waals surface area contributed by atoms with Crippen molar-refractivity contribution in [3.05, 3.63) is 34.9 Å². The van der Waals surface area contributed by atoms with Crippen molar-refractivity contribution in [3.8, 4) is 0 Å². The summed E-state index contributed by atoms with van der Waals surface area (Å²) in [5.41, 5.74) is 5.60. The minimum absolute atomic E-state index is 0.0859. The van der Waals surface area contributed by atoms with Crippen LogP contribution in [0.2, 0.25) is 0 Å². The maximum Gasteiger partial charge on any atom is 0.256 e. The number of anilines is 1. The number of carbonyl (C=O) groups excluding carboxylic acids is 1. The molecule has 18 heavy (non-hydrogen) atoms. The molecule has 2 N–H and O–H groups in total. The first-order valence-electron chi connectivity index (χ1n) is 6.67. The summed E-state index contributed by atoms with van der Waals surface area (Å²) in [5.74, 6) is 0.0859. The van der Waals surface area contributed by atoms with Gasteiger partial charge in [0.05, 0.1) is 5.69 Å². The lowest BCUT2D eigenvalue weighted by atomic mass is 9.93. The molecule has 1 saturated heterocycles. The molecule has 1 fully saturated rings. The highest BCUT2D eigenvalue weighted by molar-refractivity contribution is 6.32. The molecule has 0 unspecified atom stereocenters. The molecule has 3 rings (SSSR count). The third kappa shape index (κ3) is 1.75. The van der Waals surface area contributed by atoms with E-state index >= 15 is 0 Å². The molecule has 2 heterocycles. The van der Waals surface area contributed by atoms with Crippen LogP contribution in [-0.2, 0) is 11.2 Å². The fourth-order valence-corrected chi connectivity index (χ4v) is 2.88. The summed E-state index contributed by atoms with van der Waals surface area (Å²) in [6.45, 7) is 4.08. The number of nitrogens with one attached hydrogen (secondary N) is 2. The number of fused-ring (bicyclic) bond motifs is 1. The fourth-order valence-electron chi connectivity index (χ4n) is 2.88. The number of piperidine rings is 1. The summed E-state index contributed by atoms with van der Waals surface area (Å²) in [6.07, 6.45) is 2.92. The predicted molar refractivity (Wildman–Crippen MR) is 73.5 cm³/mol. The predicted octanol–water partition coefficient (Wildman–Crippen LogP) is 2.34. The summed E-state index contributed by atoms with van der Waals surface area (Å²) < 4.78 is 0. The minimum atomic E-state index is 0.0859. The number of hydrogen-bond acceptors (Lipinski definition) is 2. The lowest BCUT2D eigenvalue weighted by Gasteiger charge is -2.17. The third-order valence-corrected chi connectivity index (χ3v) is 3.83. The van der Waals surface area contributed by atoms with E-state index in [1.54, 1.807) is 0 Å². The highest BCUT2D eigenvalue weighted by Crippen LogP contribution is 2.38. The van der Waals surface area contributed by atoms with Gasteiger partial charge < -0.3 is 10.6 Å². The second-order valence-corrected chi connectivity index (χ2v) is 4.88. The molecule has 0 atom stereocenters. The average Bonchev–Trinajstić information content (AvgIpc) is 2.75. The Bertz CT molecular complexity index is 523. The number of carbonyl (C=O) groups is 1. The third-order valence-electron chi connectivity index (χ3n) is 3.83. The molecule has 0 bridgehead atoms. The van der Waals surface area contributed by atoms with Crippen molar-refractivity contribution in [2.75, 3.05) is 18.4 Å². The number of amides is 1. The number of para-hydroxylation sites is 1. The molecule has 0 saturated carbocycles. The van der Waals surface area contributed by atoms with Crippen LogP contribution in [-0.4, -0.2) is 19.0 Å². The number of benzene rings is 1. The van der Waals surface area contributed by atoms with E-state index in [-0.39, 0.29) is 5.91 Å². The zero-order valence-electron chi connectivity index (χ0n) is 10.7. The van der Waals surface area contributed by atoms with Gasteiger partial charge in [-0.1, -0.05) is 30.7 Å². The minimum Gasteiger partial charge on any atom is -0.321 e. The molecule has 0 radical (unpaired) electrons. The molecule has 1 aromatic carbocycles. The molecule has 0 spiro atoms. The second kappa shape index (κ2) is 4.58. The highest BCUT2D eigenvalue weighted by atomic mass is 16.2. The van der Waals surface area contributed by atoms with Crippen molar-refractivity contribution in [1.29, 1.82) is 0 Å². The van der Waals surface area contributed by atoms with Gasteiger partial charge in [-0.2, -0.15) is 0 Å². The maximum atomic E-state index is 12.2.